The third-order valence-electron chi connectivity index (χ3n) is 12.6. The van der Waals surface area contributed by atoms with Crippen LogP contribution in [-0.2, 0) is 31.9 Å². The molecule has 5 nitrogen and oxygen atoms in total. The zero-order valence-corrected chi connectivity index (χ0v) is 41.5. The van der Waals surface area contributed by atoms with Crippen LogP contribution in [0.5, 0.6) is 11.5 Å². The van der Waals surface area contributed by atoms with Crippen molar-refractivity contribution in [3.63, 3.8) is 0 Å². The fraction of sp³-hybridized carbons (Fsp3) is 0.172. The predicted molar refractivity (Wildman–Crippen MR) is 266 cm³/mol. The molecule has 0 aliphatic heterocycles. The van der Waals surface area contributed by atoms with Gasteiger partial charge >= 0.3 is 0 Å². The van der Waals surface area contributed by atoms with E-state index in [1.165, 1.54) is 32.6 Å². The van der Waals surface area contributed by atoms with Crippen LogP contribution >= 0.6 is 0 Å². The molecule has 0 radical (unpaired) electrons. The van der Waals surface area contributed by atoms with Crippen LogP contribution in [0.1, 0.15) is 52.7 Å². The van der Waals surface area contributed by atoms with Crippen molar-refractivity contribution in [2.45, 2.75) is 65.5 Å². The molecule has 0 saturated heterocycles. The van der Waals surface area contributed by atoms with E-state index in [2.05, 4.69) is 232 Å². The maximum atomic E-state index is 6.65. The van der Waals surface area contributed by atoms with Gasteiger partial charge in [-0.3, -0.25) is 4.57 Å². The Morgan fingerprint density at radius 1 is 0.600 bits per heavy atom. The fourth-order valence-electron chi connectivity index (χ4n) is 9.05. The van der Waals surface area contributed by atoms with Gasteiger partial charge in [-0.05, 0) is 62.4 Å². The molecular weight excluding hydrogens is 992 g/mol. The third-order valence-corrected chi connectivity index (χ3v) is 16.2. The quantitative estimate of drug-likeness (QED) is 0.0864. The Hall–Kier alpha value is -6.33. The fourth-order valence-corrected chi connectivity index (χ4v) is 11.4. The number of fused-ring (bicyclic) bond motifs is 4. The molecule has 3 aromatic heterocycles. The van der Waals surface area contributed by atoms with Gasteiger partial charge in [0.15, 0.2) is 0 Å². The number of benzene rings is 7. The Bertz CT molecular complexity index is 3370. The number of hydrogen-bond donors (Lipinski definition) is 0. The SMILES string of the molecule is CC(C)(C)c1ccnc(-n2c3[c-]c(Oc4[c-]c(-n5[c-][n+](-c6c(-c7cccc([Si](C)(C)c8ccccc8)c7)cccc6C(C)(C)C)c6ccccc65)ccc4)ccc3c3ccccc32)c1.[Pt]. The maximum Gasteiger partial charge on any atom is 0.268 e. The standard InChI is InChI=1S/C58H52N4OSi.Pt/c1-57(2,3)41-33-34-59-55(36-41)62-51-28-13-12-25-48(51)49-32-31-44(38-54(49)62)63-43-21-17-20-42(37-43)60-39-61(53-30-15-14-29-52(53)60)56-47(26-18-27-50(56)58(4,5)6)40-19-16-24-46(35-40)64(7,8)45-22-10-9-11-23-45;/h9-36H,1-8H3;/q-2;. The van der Waals surface area contributed by atoms with Crippen molar-refractivity contribution in [1.29, 1.82) is 0 Å². The molecule has 0 spiro atoms. The van der Waals surface area contributed by atoms with Gasteiger partial charge in [-0.25, -0.2) is 4.98 Å². The molecule has 65 heavy (non-hydrogen) atoms. The van der Waals surface area contributed by atoms with E-state index in [1.54, 1.807) is 0 Å². The average molecular weight is 1040 g/mol. The second kappa shape index (κ2) is 16.9. The Balaban J connectivity index is 0.00000533. The summed E-state index contributed by atoms with van der Waals surface area (Å²) in [6.45, 7) is 18.4. The Morgan fingerprint density at radius 2 is 1.29 bits per heavy atom. The summed E-state index contributed by atoms with van der Waals surface area (Å²) in [5, 5.41) is 5.05. The monoisotopic (exact) mass is 1040 g/mol. The smallest absolute Gasteiger partial charge is 0.268 e. The molecule has 0 aliphatic rings. The normalized spacial score (nSPS) is 12.2. The third kappa shape index (κ3) is 8.08. The van der Waals surface area contributed by atoms with Gasteiger partial charge in [0.05, 0.1) is 16.7 Å². The van der Waals surface area contributed by atoms with Crippen molar-refractivity contribution >= 4 is 51.3 Å². The number of imidazole rings is 1. The molecule has 7 heteroatoms. The van der Waals surface area contributed by atoms with Crippen LogP contribution in [0.3, 0.4) is 0 Å². The predicted octanol–water partition coefficient (Wildman–Crippen LogP) is 12.7. The first-order valence-electron chi connectivity index (χ1n) is 22.1. The van der Waals surface area contributed by atoms with Gasteiger partial charge in [0.25, 0.3) is 6.33 Å². The van der Waals surface area contributed by atoms with Crippen LogP contribution in [-0.4, -0.2) is 22.2 Å². The van der Waals surface area contributed by atoms with Gasteiger partial charge in [0.1, 0.15) is 13.9 Å². The first-order chi connectivity index (χ1) is 30.8. The molecule has 10 rings (SSSR count). The van der Waals surface area contributed by atoms with Crippen molar-refractivity contribution in [2.24, 2.45) is 0 Å². The van der Waals surface area contributed by atoms with E-state index < -0.39 is 8.07 Å². The molecule has 7 aromatic carbocycles. The Labute approximate surface area is 398 Å². The van der Waals surface area contributed by atoms with Crippen molar-refractivity contribution in [2.75, 3.05) is 0 Å². The first kappa shape index (κ1) is 43.9. The Kier molecular flexibility index (Phi) is 11.4. The van der Waals surface area contributed by atoms with Crippen LogP contribution < -0.4 is 19.7 Å². The number of para-hydroxylation sites is 4. The minimum absolute atomic E-state index is 0. The summed E-state index contributed by atoms with van der Waals surface area (Å²) in [5.74, 6) is 2.03. The minimum atomic E-state index is -1.97. The second-order valence-electron chi connectivity index (χ2n) is 19.4. The number of pyridine rings is 1. The average Bonchev–Trinajstić information content (AvgIpc) is 3.85. The number of ether oxygens (including phenoxy) is 1. The van der Waals surface area contributed by atoms with Crippen LogP contribution in [0.15, 0.2) is 170 Å². The van der Waals surface area contributed by atoms with Crippen molar-refractivity contribution < 1.29 is 30.4 Å². The molecule has 3 heterocycles. The second-order valence-corrected chi connectivity index (χ2v) is 23.8. The zero-order chi connectivity index (χ0) is 44.4. The molecule has 326 valence electrons. The maximum absolute atomic E-state index is 6.65. The zero-order valence-electron chi connectivity index (χ0n) is 38.2. The van der Waals surface area contributed by atoms with Crippen LogP contribution in [0.2, 0.25) is 13.1 Å². The van der Waals surface area contributed by atoms with Crippen molar-refractivity contribution in [3.8, 4) is 39.8 Å². The van der Waals surface area contributed by atoms with E-state index in [4.69, 9.17) is 9.72 Å². The van der Waals surface area contributed by atoms with Gasteiger partial charge in [0.2, 0.25) is 0 Å². The number of aromatic nitrogens is 4. The summed E-state index contributed by atoms with van der Waals surface area (Å²) in [5.41, 5.74) is 10.6. The molecule has 0 N–H and O–H groups in total. The van der Waals surface area contributed by atoms with E-state index in [9.17, 15) is 0 Å². The largest absolute Gasteiger partial charge is 0.510 e. The van der Waals surface area contributed by atoms with Crippen molar-refractivity contribution in [1.82, 2.24) is 14.1 Å². The van der Waals surface area contributed by atoms with Gasteiger partial charge in [-0.2, -0.15) is 18.2 Å². The number of nitrogens with zero attached hydrogens (tertiary/aromatic N) is 4. The molecule has 0 aliphatic carbocycles. The van der Waals surface area contributed by atoms with Crippen LogP contribution in [0, 0.1) is 18.5 Å². The molecule has 10 aromatic rings. The molecule has 0 atom stereocenters. The van der Waals surface area contributed by atoms with E-state index in [0.29, 0.717) is 11.5 Å². The van der Waals surface area contributed by atoms with Crippen LogP contribution in [0.25, 0.3) is 61.2 Å². The van der Waals surface area contributed by atoms with Gasteiger partial charge in [0, 0.05) is 44.3 Å². The molecule has 0 bridgehead atoms. The van der Waals surface area contributed by atoms with Gasteiger partial charge < -0.3 is 13.9 Å². The first-order valence-corrected chi connectivity index (χ1v) is 25.1. The summed E-state index contributed by atoms with van der Waals surface area (Å²) in [6.07, 6.45) is 5.72. The molecular formula is C58H52N4OPtSi-2. The van der Waals surface area contributed by atoms with E-state index >= 15 is 0 Å². The van der Waals surface area contributed by atoms with Gasteiger partial charge in [-0.15, -0.1) is 29.7 Å². The van der Waals surface area contributed by atoms with Crippen molar-refractivity contribution in [3.05, 3.63) is 200 Å². The summed E-state index contributed by atoms with van der Waals surface area (Å²) in [4.78, 5) is 4.86. The van der Waals surface area contributed by atoms with E-state index in [1.807, 2.05) is 24.4 Å². The molecule has 0 amide bonds. The van der Waals surface area contributed by atoms with E-state index in [0.717, 1.165) is 50.0 Å². The topological polar surface area (TPSA) is 35.9 Å². The summed E-state index contributed by atoms with van der Waals surface area (Å²) < 4.78 is 13.2. The number of rotatable bonds is 8. The summed E-state index contributed by atoms with van der Waals surface area (Å²) in [6, 6.07) is 65.6. The summed E-state index contributed by atoms with van der Waals surface area (Å²) >= 11 is 0. The minimum Gasteiger partial charge on any atom is -0.510 e. The molecule has 0 saturated carbocycles. The van der Waals surface area contributed by atoms with Gasteiger partial charge in [-0.1, -0.05) is 186 Å². The Morgan fingerprint density at radius 3 is 2.08 bits per heavy atom. The van der Waals surface area contributed by atoms with Crippen LogP contribution in [0.4, 0.5) is 0 Å². The number of hydrogen-bond acceptors (Lipinski definition) is 2. The van der Waals surface area contributed by atoms with E-state index in [-0.39, 0.29) is 31.9 Å². The molecule has 0 fully saturated rings. The summed E-state index contributed by atoms with van der Waals surface area (Å²) in [7, 11) is -1.97. The molecule has 0 unspecified atom stereocenters.